The lowest BCUT2D eigenvalue weighted by molar-refractivity contribution is -0.107. The van der Waals surface area contributed by atoms with Gasteiger partial charge in [0, 0.05) is 6.42 Å². The quantitative estimate of drug-likeness (QED) is 0.464. The summed E-state index contributed by atoms with van der Waals surface area (Å²) in [5.41, 5.74) is 0. The zero-order chi connectivity index (χ0) is 7.82. The molecule has 0 saturated carbocycles. The van der Waals surface area contributed by atoms with E-state index < -0.39 is 0 Å². The van der Waals surface area contributed by atoms with Gasteiger partial charge in [-0.2, -0.15) is 0 Å². The van der Waals surface area contributed by atoms with Gasteiger partial charge in [-0.1, -0.05) is 25.5 Å². The molecule has 2 heteroatoms. The number of aliphatic hydroxyl groups is 1. The largest absolute Gasteiger partial charge is 0.389 e. The van der Waals surface area contributed by atoms with E-state index in [9.17, 15) is 4.79 Å². The molecule has 0 fully saturated rings. The number of aliphatic hydroxyl groups excluding tert-OH is 1. The van der Waals surface area contributed by atoms with Gasteiger partial charge < -0.3 is 9.90 Å². The Morgan fingerprint density at radius 2 is 2.30 bits per heavy atom. The maximum absolute atomic E-state index is 9.81. The van der Waals surface area contributed by atoms with E-state index in [2.05, 4.69) is 0 Å². The van der Waals surface area contributed by atoms with Crippen molar-refractivity contribution < 1.29 is 9.90 Å². The van der Waals surface area contributed by atoms with Gasteiger partial charge in [0.15, 0.2) is 0 Å². The fraction of sp³-hybridized carbons (Fsp3) is 0.625. The van der Waals surface area contributed by atoms with Crippen LogP contribution < -0.4 is 0 Å². The molecule has 0 rings (SSSR count). The first kappa shape index (κ1) is 9.37. The van der Waals surface area contributed by atoms with Gasteiger partial charge in [0.25, 0.3) is 0 Å². The van der Waals surface area contributed by atoms with Crippen LogP contribution in [0.5, 0.6) is 0 Å². The molecule has 0 saturated heterocycles. The lowest BCUT2D eigenvalue weighted by Crippen LogP contribution is -1.99. The number of allylic oxidation sites excluding steroid dienone is 1. The van der Waals surface area contributed by atoms with Crippen LogP contribution in [0, 0.1) is 0 Å². The third-order valence-corrected chi connectivity index (χ3v) is 1.17. The number of aldehydes is 1. The van der Waals surface area contributed by atoms with Crippen molar-refractivity contribution >= 4 is 6.29 Å². The molecule has 10 heavy (non-hydrogen) atoms. The lowest BCUT2D eigenvalue weighted by Gasteiger charge is -1.99. The second kappa shape index (κ2) is 6.49. The number of hydrogen-bond donors (Lipinski definition) is 1. The number of carbonyl (C=O) groups is 1. The number of hydrogen-bond acceptors (Lipinski definition) is 2. The van der Waals surface area contributed by atoms with Crippen molar-refractivity contribution in [3.05, 3.63) is 12.2 Å². The van der Waals surface area contributed by atoms with Crippen molar-refractivity contribution in [2.45, 2.75) is 32.3 Å². The van der Waals surface area contributed by atoms with Crippen molar-refractivity contribution in [1.29, 1.82) is 0 Å². The van der Waals surface area contributed by atoms with Gasteiger partial charge in [-0.05, 0) is 6.42 Å². The van der Waals surface area contributed by atoms with Gasteiger partial charge >= 0.3 is 0 Å². The fourth-order valence-electron chi connectivity index (χ4n) is 0.683. The molecule has 0 aromatic rings. The summed E-state index contributed by atoms with van der Waals surface area (Å²) in [5, 5.41) is 9.07. The second-order valence-corrected chi connectivity index (χ2v) is 2.19. The third-order valence-electron chi connectivity index (χ3n) is 1.17. The normalized spacial score (nSPS) is 13.8. The molecule has 0 radical (unpaired) electrons. The molecule has 0 aromatic heterocycles. The first-order chi connectivity index (χ1) is 4.81. The topological polar surface area (TPSA) is 37.3 Å². The van der Waals surface area contributed by atoms with E-state index in [0.29, 0.717) is 6.42 Å². The molecule has 0 aliphatic heterocycles. The first-order valence-electron chi connectivity index (χ1n) is 3.59. The monoisotopic (exact) mass is 142 g/mol. The van der Waals surface area contributed by atoms with Gasteiger partial charge in [-0.15, -0.1) is 0 Å². The molecule has 0 aliphatic carbocycles. The van der Waals surface area contributed by atoms with Gasteiger partial charge in [0.1, 0.15) is 6.29 Å². The smallest absolute Gasteiger partial charge is 0.123 e. The highest BCUT2D eigenvalue weighted by Gasteiger charge is 1.93. The van der Waals surface area contributed by atoms with E-state index in [-0.39, 0.29) is 6.10 Å². The third kappa shape index (κ3) is 5.51. The minimum Gasteiger partial charge on any atom is -0.389 e. The van der Waals surface area contributed by atoms with E-state index >= 15 is 0 Å². The van der Waals surface area contributed by atoms with Crippen LogP contribution in [0.1, 0.15) is 26.2 Å². The molecule has 1 unspecified atom stereocenters. The maximum atomic E-state index is 9.81. The minimum atomic E-state index is -0.370. The van der Waals surface area contributed by atoms with E-state index in [1.165, 1.54) is 0 Å². The Morgan fingerprint density at radius 3 is 2.80 bits per heavy atom. The second-order valence-electron chi connectivity index (χ2n) is 2.19. The Balaban J connectivity index is 3.34. The standard InChI is InChI=1S/C8H14O2/c1-2-5-8(10)6-3-4-7-9/h3,6-8,10H,2,4-5H2,1H3. The van der Waals surface area contributed by atoms with E-state index in [1.54, 1.807) is 12.2 Å². The highest BCUT2D eigenvalue weighted by molar-refractivity contribution is 5.51. The van der Waals surface area contributed by atoms with Crippen LogP contribution in [-0.2, 0) is 4.79 Å². The van der Waals surface area contributed by atoms with E-state index in [4.69, 9.17) is 5.11 Å². The SMILES string of the molecule is CCCC(O)C=CCC=O. The van der Waals surface area contributed by atoms with Crippen LogP contribution in [0.25, 0.3) is 0 Å². The molecule has 0 heterocycles. The van der Waals surface area contributed by atoms with Crippen molar-refractivity contribution in [3.63, 3.8) is 0 Å². The van der Waals surface area contributed by atoms with Crippen molar-refractivity contribution in [1.82, 2.24) is 0 Å². The molecule has 1 N–H and O–H groups in total. The summed E-state index contributed by atoms with van der Waals surface area (Å²) >= 11 is 0. The summed E-state index contributed by atoms with van der Waals surface area (Å²) in [5.74, 6) is 0. The molecule has 58 valence electrons. The Morgan fingerprint density at radius 1 is 1.60 bits per heavy atom. The van der Waals surface area contributed by atoms with E-state index in [1.807, 2.05) is 6.92 Å². The van der Waals surface area contributed by atoms with Gasteiger partial charge in [-0.3, -0.25) is 0 Å². The Bertz CT molecular complexity index is 108. The predicted molar refractivity (Wildman–Crippen MR) is 40.7 cm³/mol. The summed E-state index contributed by atoms with van der Waals surface area (Å²) in [4.78, 5) is 9.81. The Labute approximate surface area is 61.6 Å². The molecule has 1 atom stereocenters. The van der Waals surface area contributed by atoms with Crippen LogP contribution >= 0.6 is 0 Å². The van der Waals surface area contributed by atoms with Gasteiger partial charge in [0.05, 0.1) is 6.10 Å². The van der Waals surface area contributed by atoms with Crippen LogP contribution in [-0.4, -0.2) is 17.5 Å². The van der Waals surface area contributed by atoms with E-state index in [0.717, 1.165) is 19.1 Å². The molecule has 0 aliphatic rings. The highest BCUT2D eigenvalue weighted by atomic mass is 16.3. The molecule has 0 spiro atoms. The molecule has 2 nitrogen and oxygen atoms in total. The molecule has 0 aromatic carbocycles. The molecular formula is C8H14O2. The van der Waals surface area contributed by atoms with Crippen molar-refractivity contribution in [3.8, 4) is 0 Å². The van der Waals surface area contributed by atoms with Gasteiger partial charge in [-0.25, -0.2) is 0 Å². The van der Waals surface area contributed by atoms with Crippen LogP contribution in [0.3, 0.4) is 0 Å². The summed E-state index contributed by atoms with van der Waals surface area (Å²) in [6, 6.07) is 0. The maximum Gasteiger partial charge on any atom is 0.123 e. The van der Waals surface area contributed by atoms with Crippen molar-refractivity contribution in [2.75, 3.05) is 0 Å². The van der Waals surface area contributed by atoms with Gasteiger partial charge in [0.2, 0.25) is 0 Å². The molecule has 0 amide bonds. The summed E-state index contributed by atoms with van der Waals surface area (Å²) < 4.78 is 0. The average Bonchev–Trinajstić information content (AvgIpc) is 1.89. The molecular weight excluding hydrogens is 128 g/mol. The van der Waals surface area contributed by atoms with Crippen LogP contribution in [0.4, 0.5) is 0 Å². The van der Waals surface area contributed by atoms with Crippen LogP contribution in [0.15, 0.2) is 12.2 Å². The highest BCUT2D eigenvalue weighted by Crippen LogP contribution is 1.97. The minimum absolute atomic E-state index is 0.370. The molecule has 0 bridgehead atoms. The fourth-order valence-corrected chi connectivity index (χ4v) is 0.683. The van der Waals surface area contributed by atoms with Crippen LogP contribution in [0.2, 0.25) is 0 Å². The predicted octanol–water partition coefficient (Wildman–Crippen LogP) is 1.29. The zero-order valence-corrected chi connectivity index (χ0v) is 6.29. The Hall–Kier alpha value is -0.630. The average molecular weight is 142 g/mol. The van der Waals surface area contributed by atoms with Crippen molar-refractivity contribution in [2.24, 2.45) is 0 Å². The number of rotatable bonds is 5. The lowest BCUT2D eigenvalue weighted by atomic mass is 10.2. The number of carbonyl (C=O) groups excluding carboxylic acids is 1. The summed E-state index contributed by atoms with van der Waals surface area (Å²) in [6.07, 6.45) is 5.94. The zero-order valence-electron chi connectivity index (χ0n) is 6.29. The Kier molecular flexibility index (Phi) is 6.08. The summed E-state index contributed by atoms with van der Waals surface area (Å²) in [7, 11) is 0. The summed E-state index contributed by atoms with van der Waals surface area (Å²) in [6.45, 7) is 2.01. The first-order valence-corrected chi connectivity index (χ1v) is 3.59.